The Bertz CT molecular complexity index is 2540. The molecule has 0 amide bonds. The Kier molecular flexibility index (Phi) is 19.8. The minimum absolute atomic E-state index is 0.216. The van der Waals surface area contributed by atoms with Crippen molar-refractivity contribution < 1.29 is 149 Å². The second-order valence-electron chi connectivity index (χ2n) is 28.6. The summed E-state index contributed by atoms with van der Waals surface area (Å²) in [6.07, 6.45) is -43.6. The zero-order valence-electron chi connectivity index (χ0n) is 51.1. The second kappa shape index (κ2) is 25.3. The molecule has 5 aliphatic carbocycles. The Balaban J connectivity index is 0.999. The summed E-state index contributed by atoms with van der Waals surface area (Å²) in [7, 11) is 0. The van der Waals surface area contributed by atoms with Crippen molar-refractivity contribution in [1.82, 2.24) is 0 Å². The Labute approximate surface area is 513 Å². The summed E-state index contributed by atoms with van der Waals surface area (Å²) in [4.78, 5) is 26.5. The number of carboxylic acids is 1. The van der Waals surface area contributed by atoms with Crippen molar-refractivity contribution >= 4 is 11.9 Å². The van der Waals surface area contributed by atoms with Gasteiger partial charge in [0.15, 0.2) is 37.6 Å². The first-order valence-corrected chi connectivity index (χ1v) is 30.9. The third kappa shape index (κ3) is 11.2. The maximum Gasteiger partial charge on any atom is 0.335 e. The van der Waals surface area contributed by atoms with Gasteiger partial charge in [0.2, 0.25) is 0 Å². The summed E-state index contributed by atoms with van der Waals surface area (Å²) < 4.78 is 67.5. The van der Waals surface area contributed by atoms with Gasteiger partial charge in [-0.1, -0.05) is 60.1 Å². The molecule has 5 heterocycles. The van der Waals surface area contributed by atoms with E-state index in [9.17, 15) is 96.4 Å². The largest absolute Gasteiger partial charge is 0.479 e. The van der Waals surface area contributed by atoms with Crippen molar-refractivity contribution in [2.24, 2.45) is 50.2 Å². The molecule has 89 heavy (non-hydrogen) atoms. The number of allylic oxidation sites excluding steroid dienone is 1. The number of carbonyl (C=O) groups is 2. The molecule has 30 heteroatoms. The number of hydrogen-bond acceptors (Lipinski definition) is 29. The number of aliphatic hydroxyl groups is 16. The molecule has 0 spiro atoms. The summed E-state index contributed by atoms with van der Waals surface area (Å²) in [6.45, 7) is 11.4. The van der Waals surface area contributed by atoms with Crippen LogP contribution in [0.5, 0.6) is 0 Å². The van der Waals surface area contributed by atoms with E-state index in [1.54, 1.807) is 0 Å². The number of fused-ring (bicyclic) bond motifs is 7. The van der Waals surface area contributed by atoms with Gasteiger partial charge >= 0.3 is 11.9 Å². The topological polar surface area (TPSA) is 480 Å². The molecule has 0 aromatic rings. The fourth-order valence-electron chi connectivity index (χ4n) is 18.0. The van der Waals surface area contributed by atoms with Crippen LogP contribution in [0.25, 0.3) is 0 Å². The van der Waals surface area contributed by atoms with Crippen LogP contribution in [0.2, 0.25) is 0 Å². The molecule has 0 unspecified atom stereocenters. The van der Waals surface area contributed by atoms with Crippen molar-refractivity contribution in [2.75, 3.05) is 33.0 Å². The maximum atomic E-state index is 13.6. The average Bonchev–Trinajstić information content (AvgIpc) is 0.878. The number of rotatable bonds is 15. The molecule has 0 bridgehead atoms. The van der Waals surface area contributed by atoms with Crippen LogP contribution in [0.4, 0.5) is 0 Å². The molecule has 4 saturated carbocycles. The molecule has 510 valence electrons. The maximum absolute atomic E-state index is 13.6. The van der Waals surface area contributed by atoms with Crippen molar-refractivity contribution in [3.8, 4) is 0 Å². The van der Waals surface area contributed by atoms with Crippen LogP contribution >= 0.6 is 0 Å². The lowest BCUT2D eigenvalue weighted by molar-refractivity contribution is -0.401. The highest BCUT2D eigenvalue weighted by Gasteiger charge is 2.76. The molecule has 17 N–H and O–H groups in total. The SMILES string of the molecule is CC(=O)O[C@H]1[C@H](O[C@@H]2OC[C@H](O)[C@H](O)[C@H]2O)[C@]2(CO)[C@H](O)[C@H](O)[C@]3(C)C(=CC[C@@H]4[C@@]5(C)CC[C@H](O[C@@H]6O[C@H](C(=O)O)[C@@H](O[C@H]7O[C@H](CO)[C@@H](O)[C@@H]7O)[C@H](O[C@@H]7OC[C@H](O)[C@H](O)[C@H]7O)[C@H]6O[C@@H]6O[C@H](CO)[C@@H](O)[C@H](O)[C@H]6O)C(C)(C)[C@@H]5CC[C@]43C)[C@@H]2CC1(C)C. The molecule has 10 aliphatic rings. The molecule has 5 aliphatic heterocycles. The van der Waals surface area contributed by atoms with E-state index in [-0.39, 0.29) is 24.7 Å². The lowest BCUT2D eigenvalue weighted by Gasteiger charge is -2.73. The molecular formula is C59H94O30. The first-order chi connectivity index (χ1) is 41.6. The average molecular weight is 1280 g/mol. The smallest absolute Gasteiger partial charge is 0.335 e. The van der Waals surface area contributed by atoms with Gasteiger partial charge in [0.1, 0.15) is 110 Å². The number of esters is 1. The summed E-state index contributed by atoms with van der Waals surface area (Å²) in [5.41, 5.74) is -5.57. The molecule has 5 saturated heterocycles. The lowest BCUT2D eigenvalue weighted by Crippen LogP contribution is -2.77. The van der Waals surface area contributed by atoms with Gasteiger partial charge in [-0.3, -0.25) is 4.79 Å². The second-order valence-corrected chi connectivity index (χ2v) is 28.6. The van der Waals surface area contributed by atoms with Gasteiger partial charge < -0.3 is 139 Å². The van der Waals surface area contributed by atoms with Gasteiger partial charge in [0.25, 0.3) is 0 Å². The van der Waals surface area contributed by atoms with Gasteiger partial charge in [-0.25, -0.2) is 4.79 Å². The van der Waals surface area contributed by atoms with Gasteiger partial charge in [0, 0.05) is 17.8 Å². The molecule has 10 rings (SSSR count). The molecular weight excluding hydrogens is 1190 g/mol. The van der Waals surface area contributed by atoms with Crippen molar-refractivity contribution in [3.05, 3.63) is 11.6 Å². The summed E-state index contributed by atoms with van der Waals surface area (Å²) in [6, 6.07) is 0. The highest BCUT2D eigenvalue weighted by atomic mass is 16.8. The molecule has 0 radical (unpaired) electrons. The van der Waals surface area contributed by atoms with E-state index in [4.69, 9.17) is 52.1 Å². The number of hydrogen-bond donors (Lipinski definition) is 17. The molecule has 34 atom stereocenters. The Morgan fingerprint density at radius 3 is 1.64 bits per heavy atom. The van der Waals surface area contributed by atoms with E-state index >= 15 is 0 Å². The normalized spacial score (nSPS) is 53.7. The number of aliphatic carboxylic acids is 1. The van der Waals surface area contributed by atoms with Gasteiger partial charge in [-0.2, -0.15) is 0 Å². The summed E-state index contributed by atoms with van der Waals surface area (Å²) >= 11 is 0. The minimum Gasteiger partial charge on any atom is -0.479 e. The van der Waals surface area contributed by atoms with E-state index in [2.05, 4.69) is 19.9 Å². The monoisotopic (exact) mass is 1280 g/mol. The Morgan fingerprint density at radius 1 is 0.562 bits per heavy atom. The van der Waals surface area contributed by atoms with E-state index in [0.29, 0.717) is 25.7 Å². The number of carboxylic acid groups (broad SMARTS) is 1. The summed E-state index contributed by atoms with van der Waals surface area (Å²) in [5, 5.41) is 189. The molecule has 9 fully saturated rings. The molecule has 0 aromatic carbocycles. The quantitative estimate of drug-likeness (QED) is 0.0414. The third-order valence-electron chi connectivity index (χ3n) is 23.1. The van der Waals surface area contributed by atoms with Crippen LogP contribution in [0, 0.1) is 50.2 Å². The number of aliphatic hydroxyl groups excluding tert-OH is 16. The van der Waals surface area contributed by atoms with Crippen molar-refractivity contribution in [3.63, 3.8) is 0 Å². The van der Waals surface area contributed by atoms with Crippen LogP contribution in [0.15, 0.2) is 11.6 Å². The number of carbonyl (C=O) groups excluding carboxylic acids is 1. The Hall–Kier alpha value is -2.36. The highest BCUT2D eigenvalue weighted by Crippen LogP contribution is 2.76. The zero-order chi connectivity index (χ0) is 65.3. The fraction of sp³-hybridized carbons (Fsp3) is 0.932. The number of ether oxygens (including phenoxy) is 11. The fourth-order valence-corrected chi connectivity index (χ4v) is 18.0. The van der Waals surface area contributed by atoms with E-state index in [1.165, 1.54) is 6.92 Å². The predicted molar refractivity (Wildman–Crippen MR) is 293 cm³/mol. The van der Waals surface area contributed by atoms with Crippen LogP contribution in [-0.4, -0.2) is 298 Å². The summed E-state index contributed by atoms with van der Waals surface area (Å²) in [5.74, 6) is -3.69. The van der Waals surface area contributed by atoms with Crippen molar-refractivity contribution in [2.45, 2.75) is 260 Å². The predicted octanol–water partition coefficient (Wildman–Crippen LogP) is -5.27. The van der Waals surface area contributed by atoms with Crippen LogP contribution in [-0.2, 0) is 61.7 Å². The highest BCUT2D eigenvalue weighted by molar-refractivity contribution is 5.73. The van der Waals surface area contributed by atoms with Crippen LogP contribution in [0.1, 0.15) is 93.9 Å². The Morgan fingerprint density at radius 2 is 1.09 bits per heavy atom. The molecule has 30 nitrogen and oxygen atoms in total. The van der Waals surface area contributed by atoms with Crippen LogP contribution in [0.3, 0.4) is 0 Å². The van der Waals surface area contributed by atoms with Gasteiger partial charge in [-0.15, -0.1) is 0 Å². The van der Waals surface area contributed by atoms with E-state index in [0.717, 1.165) is 5.57 Å². The third-order valence-corrected chi connectivity index (χ3v) is 23.1. The van der Waals surface area contributed by atoms with Crippen molar-refractivity contribution in [1.29, 1.82) is 0 Å². The van der Waals surface area contributed by atoms with Crippen LogP contribution < -0.4 is 0 Å². The van der Waals surface area contributed by atoms with Gasteiger partial charge in [0.05, 0.1) is 56.8 Å². The lowest BCUT2D eigenvalue weighted by atomic mass is 9.32. The minimum atomic E-state index is -2.20. The zero-order valence-corrected chi connectivity index (χ0v) is 51.1. The van der Waals surface area contributed by atoms with E-state index in [1.807, 2.05) is 34.6 Å². The first kappa shape index (κ1) is 69.5. The first-order valence-electron chi connectivity index (χ1n) is 30.9. The standard InChI is InChI=1S/C59H94O30/c1-21(63)81-46-47(89-50-37(72)32(67)25(65)19-80-50)59(20-62)23(15-54(46,2)3)22-9-10-29-56(6)13-12-30(55(4,5)28(56)11-14-57(29,7)58(22,8)44(75)45(59)76)84-53-43(88-52-39(74)35(70)33(68)26(16-60)82-52)41(85-49-36(71)31(66)24(64)18-79-49)40(42(87-53)48(77)78)86-51-38(73)34(69)27(17-61)83-51/h9,23-47,49-53,60-62,64-76H,10-20H2,1-8H3,(H,77,78)/t23-,24-,25-,26+,27+,28-,29+,30-,31-,32-,33+,34+,35-,36+,37+,38-,39+,40-,41-,42-,43+,44-,45+,46-,47-,49-,50-,51+,52-,53+,56-,57+,58-,59-/m0/s1. The van der Waals surface area contributed by atoms with E-state index < -0.39 is 249 Å². The molecule has 0 aromatic heterocycles. The van der Waals surface area contributed by atoms with Gasteiger partial charge in [-0.05, 0) is 72.5 Å².